The highest BCUT2D eigenvalue weighted by Gasteiger charge is 2.33. The quantitative estimate of drug-likeness (QED) is 0.386. The maximum atomic E-state index is 12.7. The van der Waals surface area contributed by atoms with Gasteiger partial charge in [-0.2, -0.15) is 0 Å². The second-order valence-electron chi connectivity index (χ2n) is 6.39. The van der Waals surface area contributed by atoms with E-state index in [1.165, 1.54) is 16.8 Å². The lowest BCUT2D eigenvalue weighted by atomic mass is 10.0. The van der Waals surface area contributed by atoms with Crippen LogP contribution >= 0.6 is 35.7 Å². The van der Waals surface area contributed by atoms with Gasteiger partial charge in [0.05, 0.1) is 11.5 Å². The van der Waals surface area contributed by atoms with Crippen LogP contribution in [0, 0.1) is 0 Å². The Morgan fingerprint density at radius 1 is 1.28 bits per heavy atom. The van der Waals surface area contributed by atoms with E-state index in [0.717, 1.165) is 16.0 Å². The Labute approximate surface area is 184 Å². The van der Waals surface area contributed by atoms with Crippen LogP contribution in [0.5, 0.6) is 11.5 Å². The number of phenolic OH excluding ortho intramolecular Hbond substituents is 1. The van der Waals surface area contributed by atoms with Crippen LogP contribution in [0.3, 0.4) is 0 Å². The Kier molecular flexibility index (Phi) is 6.89. The first-order valence-electron chi connectivity index (χ1n) is 8.95. The number of thioether (sulfide) groups is 2. The summed E-state index contributed by atoms with van der Waals surface area (Å²) in [5.74, 6) is 0.309. The van der Waals surface area contributed by atoms with E-state index < -0.39 is 0 Å². The van der Waals surface area contributed by atoms with Gasteiger partial charge in [-0.25, -0.2) is 10.0 Å². The summed E-state index contributed by atoms with van der Waals surface area (Å²) in [7, 11) is 3.55. The third kappa shape index (κ3) is 4.45. The number of amides is 1. The molecule has 0 bridgehead atoms. The SMILES string of the molecule is CCOc1cc(/C=C2/SC(=S)N(N(C)C)C2=O)cc(-c2ccccc2SC)c1O. The molecule has 2 aromatic rings. The average molecular weight is 447 g/mol. The van der Waals surface area contributed by atoms with Crippen LogP contribution in [-0.2, 0) is 4.79 Å². The summed E-state index contributed by atoms with van der Waals surface area (Å²) < 4.78 is 6.15. The van der Waals surface area contributed by atoms with Gasteiger partial charge in [0.2, 0.25) is 0 Å². The number of ether oxygens (including phenoxy) is 1. The molecular formula is C21H22N2O3S3. The first kappa shape index (κ1) is 21.7. The van der Waals surface area contributed by atoms with Crippen molar-refractivity contribution in [3.05, 3.63) is 46.9 Å². The number of benzene rings is 2. The molecule has 8 heteroatoms. The van der Waals surface area contributed by atoms with E-state index in [-0.39, 0.29) is 11.7 Å². The molecule has 1 saturated heterocycles. The largest absolute Gasteiger partial charge is 0.504 e. The van der Waals surface area contributed by atoms with Gasteiger partial charge < -0.3 is 9.84 Å². The van der Waals surface area contributed by atoms with E-state index in [0.29, 0.717) is 27.1 Å². The van der Waals surface area contributed by atoms with E-state index in [2.05, 4.69) is 0 Å². The molecule has 29 heavy (non-hydrogen) atoms. The Hall–Kier alpha value is -2.00. The normalized spacial score (nSPS) is 15.6. The van der Waals surface area contributed by atoms with E-state index in [4.69, 9.17) is 17.0 Å². The molecule has 0 saturated carbocycles. The molecule has 0 radical (unpaired) electrons. The molecule has 0 atom stereocenters. The van der Waals surface area contributed by atoms with E-state index in [9.17, 15) is 9.90 Å². The minimum atomic E-state index is -0.165. The van der Waals surface area contributed by atoms with E-state index in [1.807, 2.05) is 43.5 Å². The van der Waals surface area contributed by atoms with Crippen molar-refractivity contribution in [2.75, 3.05) is 27.0 Å². The number of hydrogen-bond donors (Lipinski definition) is 1. The fourth-order valence-electron chi connectivity index (χ4n) is 3.01. The molecule has 5 nitrogen and oxygen atoms in total. The highest BCUT2D eigenvalue weighted by atomic mass is 32.2. The molecule has 1 aliphatic rings. The molecule has 0 spiro atoms. The molecule has 1 fully saturated rings. The third-order valence-electron chi connectivity index (χ3n) is 4.27. The van der Waals surface area contributed by atoms with Crippen molar-refractivity contribution in [1.29, 1.82) is 0 Å². The number of thiocarbonyl (C=S) groups is 1. The highest BCUT2D eigenvalue weighted by Crippen LogP contribution is 2.43. The van der Waals surface area contributed by atoms with Crippen LogP contribution in [0.1, 0.15) is 12.5 Å². The summed E-state index contributed by atoms with van der Waals surface area (Å²) in [6.45, 7) is 2.28. The smallest absolute Gasteiger partial charge is 0.280 e. The maximum Gasteiger partial charge on any atom is 0.280 e. The first-order valence-corrected chi connectivity index (χ1v) is 11.4. The van der Waals surface area contributed by atoms with Crippen molar-refractivity contribution in [2.45, 2.75) is 11.8 Å². The van der Waals surface area contributed by atoms with Crippen molar-refractivity contribution >= 4 is 52.0 Å². The summed E-state index contributed by atoms with van der Waals surface area (Å²) in [4.78, 5) is 14.3. The molecule has 0 aromatic heterocycles. The van der Waals surface area contributed by atoms with Crippen molar-refractivity contribution < 1.29 is 14.6 Å². The molecule has 1 aliphatic heterocycles. The molecule has 0 aliphatic carbocycles. The predicted molar refractivity (Wildman–Crippen MR) is 125 cm³/mol. The third-order valence-corrected chi connectivity index (χ3v) is 6.34. The fourth-order valence-corrected chi connectivity index (χ4v) is 5.02. The van der Waals surface area contributed by atoms with Gasteiger partial charge in [0, 0.05) is 24.6 Å². The number of aromatic hydroxyl groups is 1. The second-order valence-corrected chi connectivity index (χ2v) is 8.91. The maximum absolute atomic E-state index is 12.7. The van der Waals surface area contributed by atoms with Gasteiger partial charge in [0.1, 0.15) is 0 Å². The molecule has 2 aromatic carbocycles. The molecule has 1 N–H and O–H groups in total. The summed E-state index contributed by atoms with van der Waals surface area (Å²) in [6, 6.07) is 11.5. The van der Waals surface area contributed by atoms with Gasteiger partial charge in [-0.3, -0.25) is 4.79 Å². The van der Waals surface area contributed by atoms with Crippen LogP contribution in [0.15, 0.2) is 46.2 Å². The summed E-state index contributed by atoms with van der Waals surface area (Å²) >= 11 is 8.19. The van der Waals surface area contributed by atoms with Crippen molar-refractivity contribution in [2.24, 2.45) is 0 Å². The van der Waals surface area contributed by atoms with Crippen LogP contribution in [0.4, 0.5) is 0 Å². The zero-order valence-corrected chi connectivity index (χ0v) is 19.1. The lowest BCUT2D eigenvalue weighted by Crippen LogP contribution is -2.39. The van der Waals surface area contributed by atoms with Crippen LogP contribution in [0.25, 0.3) is 17.2 Å². The van der Waals surface area contributed by atoms with Gasteiger partial charge in [-0.15, -0.1) is 11.8 Å². The monoisotopic (exact) mass is 446 g/mol. The Morgan fingerprint density at radius 3 is 2.62 bits per heavy atom. The number of carbonyl (C=O) groups excluding carboxylic acids is 1. The van der Waals surface area contributed by atoms with Crippen molar-refractivity contribution in [1.82, 2.24) is 10.0 Å². The van der Waals surface area contributed by atoms with E-state index >= 15 is 0 Å². The molecule has 1 amide bonds. The minimum absolute atomic E-state index is 0.0892. The summed E-state index contributed by atoms with van der Waals surface area (Å²) in [5.41, 5.74) is 2.33. The lowest BCUT2D eigenvalue weighted by molar-refractivity contribution is -0.130. The highest BCUT2D eigenvalue weighted by molar-refractivity contribution is 8.26. The van der Waals surface area contributed by atoms with Gasteiger partial charge in [-0.05, 0) is 48.6 Å². The molecular weight excluding hydrogens is 424 g/mol. The number of carbonyl (C=O) groups is 1. The molecule has 3 rings (SSSR count). The number of hydrogen-bond acceptors (Lipinski definition) is 7. The van der Waals surface area contributed by atoms with Gasteiger partial charge >= 0.3 is 0 Å². The molecule has 1 heterocycles. The van der Waals surface area contributed by atoms with Gasteiger partial charge in [-0.1, -0.05) is 42.2 Å². The summed E-state index contributed by atoms with van der Waals surface area (Å²) in [5, 5.41) is 14.0. The zero-order chi connectivity index (χ0) is 21.1. The summed E-state index contributed by atoms with van der Waals surface area (Å²) in [6.07, 6.45) is 3.78. The number of phenols is 1. The molecule has 152 valence electrons. The average Bonchev–Trinajstić information content (AvgIpc) is 2.97. The topological polar surface area (TPSA) is 53.0 Å². The van der Waals surface area contributed by atoms with E-state index in [1.54, 1.807) is 43.0 Å². The standard InChI is InChI=1S/C21H22N2O3S3/c1-5-26-16-11-13(12-18-20(25)23(22(2)3)21(27)29-18)10-15(19(16)24)14-8-6-7-9-17(14)28-4/h6-12,24H,5H2,1-4H3/b18-12+. The predicted octanol–water partition coefficient (Wildman–Crippen LogP) is 4.86. The van der Waals surface area contributed by atoms with Crippen molar-refractivity contribution in [3.63, 3.8) is 0 Å². The number of hydrazine groups is 1. The molecule has 0 unspecified atom stereocenters. The van der Waals surface area contributed by atoms with Crippen molar-refractivity contribution in [3.8, 4) is 22.6 Å². The van der Waals surface area contributed by atoms with Crippen LogP contribution < -0.4 is 4.74 Å². The van der Waals surface area contributed by atoms with Gasteiger partial charge in [0.25, 0.3) is 5.91 Å². The second kappa shape index (κ2) is 9.21. The van der Waals surface area contributed by atoms with Gasteiger partial charge in [0.15, 0.2) is 15.8 Å². The minimum Gasteiger partial charge on any atom is -0.504 e. The fraction of sp³-hybridized carbons (Fsp3) is 0.238. The first-order chi connectivity index (χ1) is 13.9. The number of rotatable bonds is 6. The Balaban J connectivity index is 2.12. The Bertz CT molecular complexity index is 989. The van der Waals surface area contributed by atoms with Crippen LogP contribution in [-0.4, -0.2) is 52.3 Å². The number of nitrogens with zero attached hydrogens (tertiary/aromatic N) is 2. The van der Waals surface area contributed by atoms with Crippen LogP contribution in [0.2, 0.25) is 0 Å². The zero-order valence-electron chi connectivity index (χ0n) is 16.6. The lowest BCUT2D eigenvalue weighted by Gasteiger charge is -2.21. The Morgan fingerprint density at radius 2 is 2.00 bits per heavy atom.